The highest BCUT2D eigenvalue weighted by Crippen LogP contribution is 2.43. The Morgan fingerprint density at radius 2 is 2.08 bits per heavy atom. The predicted octanol–water partition coefficient (Wildman–Crippen LogP) is 4.63. The lowest BCUT2D eigenvalue weighted by Gasteiger charge is -2.14. The second-order valence-corrected chi connectivity index (χ2v) is 7.40. The van der Waals surface area contributed by atoms with Crippen molar-refractivity contribution in [2.24, 2.45) is 0 Å². The molecule has 4 nitrogen and oxygen atoms in total. The molecule has 0 spiro atoms. The van der Waals surface area contributed by atoms with Crippen molar-refractivity contribution in [3.8, 4) is 0 Å². The van der Waals surface area contributed by atoms with Gasteiger partial charge in [-0.1, -0.05) is 11.6 Å². The molecule has 0 aromatic heterocycles. The second-order valence-electron chi connectivity index (χ2n) is 7.40. The van der Waals surface area contributed by atoms with Crippen molar-refractivity contribution in [3.05, 3.63) is 57.7 Å². The Bertz CT molecular complexity index is 902. The predicted molar refractivity (Wildman–Crippen MR) is 102 cm³/mol. The molecule has 0 bridgehead atoms. The van der Waals surface area contributed by atoms with Crippen LogP contribution in [0, 0.1) is 0 Å². The topological polar surface area (TPSA) is 66.4 Å². The zero-order valence-electron chi connectivity index (χ0n) is 15.0. The van der Waals surface area contributed by atoms with E-state index in [1.807, 2.05) is 18.2 Å². The van der Waals surface area contributed by atoms with Gasteiger partial charge in [0.1, 0.15) is 0 Å². The minimum Gasteiger partial charge on any atom is -0.481 e. The van der Waals surface area contributed by atoms with Crippen molar-refractivity contribution >= 4 is 23.1 Å². The molecule has 134 valence electrons. The van der Waals surface area contributed by atoms with Crippen molar-refractivity contribution < 1.29 is 14.7 Å². The maximum absolute atomic E-state index is 12.5. The number of allylic oxidation sites excluding steroid dienone is 5. The monoisotopic (exact) mass is 349 g/mol. The van der Waals surface area contributed by atoms with Crippen LogP contribution in [0.25, 0.3) is 5.57 Å². The zero-order chi connectivity index (χ0) is 18.3. The van der Waals surface area contributed by atoms with E-state index in [-0.39, 0.29) is 12.3 Å². The Balaban J connectivity index is 1.65. The molecular formula is C22H23NO3. The molecule has 1 heterocycles. The first-order valence-corrected chi connectivity index (χ1v) is 9.32. The number of carbonyl (C=O) groups is 2. The number of carboxylic acids is 1. The Labute approximate surface area is 153 Å². The number of anilines is 1. The smallest absolute Gasteiger partial charge is 0.303 e. The van der Waals surface area contributed by atoms with Crippen molar-refractivity contribution in [2.75, 3.05) is 5.32 Å². The summed E-state index contributed by atoms with van der Waals surface area (Å²) in [5.74, 6) is -0.876. The SMILES string of the molecule is CC1=C(C=C2C(=O)Nc3ccc(CCC(=O)O)cc32)CC2=C1CCCC2. The lowest BCUT2D eigenvalue weighted by molar-refractivity contribution is -0.137. The van der Waals surface area contributed by atoms with Gasteiger partial charge in [0.2, 0.25) is 0 Å². The van der Waals surface area contributed by atoms with Crippen molar-refractivity contribution in [1.82, 2.24) is 0 Å². The number of hydrogen-bond donors (Lipinski definition) is 2. The fourth-order valence-corrected chi connectivity index (χ4v) is 4.29. The van der Waals surface area contributed by atoms with Crippen LogP contribution < -0.4 is 5.32 Å². The summed E-state index contributed by atoms with van der Waals surface area (Å²) in [6.07, 6.45) is 8.46. The molecule has 0 atom stereocenters. The van der Waals surface area contributed by atoms with E-state index in [1.165, 1.54) is 36.0 Å². The summed E-state index contributed by atoms with van der Waals surface area (Å²) in [5.41, 5.74) is 9.01. The summed E-state index contributed by atoms with van der Waals surface area (Å²) in [6, 6.07) is 5.73. The number of amides is 1. The van der Waals surface area contributed by atoms with Crippen LogP contribution in [0.1, 0.15) is 56.6 Å². The molecule has 4 rings (SSSR count). The van der Waals surface area contributed by atoms with Crippen LogP contribution in [0.2, 0.25) is 0 Å². The van der Waals surface area contributed by atoms with Crippen LogP contribution in [0.15, 0.2) is 46.6 Å². The third-order valence-corrected chi connectivity index (χ3v) is 5.73. The number of aliphatic carboxylic acids is 1. The molecule has 0 radical (unpaired) electrons. The number of carboxylic acid groups (broad SMARTS) is 1. The summed E-state index contributed by atoms with van der Waals surface area (Å²) in [5, 5.41) is 11.8. The van der Waals surface area contributed by atoms with Gasteiger partial charge in [-0.05, 0) is 85.9 Å². The van der Waals surface area contributed by atoms with Gasteiger partial charge in [0.15, 0.2) is 0 Å². The first-order chi connectivity index (χ1) is 12.5. The van der Waals surface area contributed by atoms with Crippen molar-refractivity contribution in [3.63, 3.8) is 0 Å². The number of fused-ring (bicyclic) bond motifs is 1. The van der Waals surface area contributed by atoms with E-state index in [0.717, 1.165) is 29.7 Å². The van der Waals surface area contributed by atoms with Gasteiger partial charge >= 0.3 is 5.97 Å². The normalized spacial score (nSPS) is 20.5. The van der Waals surface area contributed by atoms with E-state index < -0.39 is 5.97 Å². The fraction of sp³-hybridized carbons (Fsp3) is 0.364. The third-order valence-electron chi connectivity index (χ3n) is 5.73. The summed E-state index contributed by atoms with van der Waals surface area (Å²) >= 11 is 0. The molecule has 4 heteroatoms. The first kappa shape index (κ1) is 16.8. The molecule has 0 saturated carbocycles. The minimum absolute atomic E-state index is 0.0689. The fourth-order valence-electron chi connectivity index (χ4n) is 4.29. The van der Waals surface area contributed by atoms with E-state index in [9.17, 15) is 9.59 Å². The van der Waals surface area contributed by atoms with Crippen LogP contribution in [0.5, 0.6) is 0 Å². The molecule has 3 aliphatic rings. The van der Waals surface area contributed by atoms with Crippen LogP contribution >= 0.6 is 0 Å². The van der Waals surface area contributed by atoms with Gasteiger partial charge in [-0.25, -0.2) is 0 Å². The largest absolute Gasteiger partial charge is 0.481 e. The number of carbonyl (C=O) groups excluding carboxylic acids is 1. The Morgan fingerprint density at radius 3 is 2.85 bits per heavy atom. The van der Waals surface area contributed by atoms with Crippen LogP contribution in [0.3, 0.4) is 0 Å². The maximum Gasteiger partial charge on any atom is 0.303 e. The average molecular weight is 349 g/mol. The Morgan fingerprint density at radius 1 is 1.27 bits per heavy atom. The number of rotatable bonds is 4. The van der Waals surface area contributed by atoms with Crippen molar-refractivity contribution in [1.29, 1.82) is 0 Å². The molecule has 1 aromatic rings. The molecule has 2 aliphatic carbocycles. The molecule has 0 saturated heterocycles. The van der Waals surface area contributed by atoms with Gasteiger partial charge < -0.3 is 10.4 Å². The third kappa shape index (κ3) is 3.00. The molecule has 1 aliphatic heterocycles. The van der Waals surface area contributed by atoms with Crippen molar-refractivity contribution in [2.45, 2.75) is 51.9 Å². The average Bonchev–Trinajstić information content (AvgIpc) is 3.11. The Hall–Kier alpha value is -2.62. The maximum atomic E-state index is 12.5. The van der Waals surface area contributed by atoms with Gasteiger partial charge in [0.25, 0.3) is 5.91 Å². The molecule has 1 amide bonds. The standard InChI is InChI=1S/C22H23NO3/c1-13-16(11-15-4-2-3-5-17(13)15)12-19-18-10-14(7-9-21(24)25)6-8-20(18)23-22(19)26/h6,8,10,12H,2-5,7,9,11H2,1H3,(H,23,26)(H,24,25). The number of aryl methyl sites for hydroxylation is 1. The first-order valence-electron chi connectivity index (χ1n) is 9.32. The Kier molecular flexibility index (Phi) is 4.27. The number of benzene rings is 1. The van der Waals surface area contributed by atoms with E-state index >= 15 is 0 Å². The van der Waals surface area contributed by atoms with E-state index in [1.54, 1.807) is 5.57 Å². The van der Waals surface area contributed by atoms with Gasteiger partial charge in [-0.2, -0.15) is 0 Å². The number of nitrogens with one attached hydrogen (secondary N) is 1. The second kappa shape index (κ2) is 6.60. The summed E-state index contributed by atoms with van der Waals surface area (Å²) in [7, 11) is 0. The van der Waals surface area contributed by atoms with E-state index in [2.05, 4.69) is 18.3 Å². The molecule has 0 fully saturated rings. The summed E-state index contributed by atoms with van der Waals surface area (Å²) in [4.78, 5) is 23.3. The molecule has 1 aromatic carbocycles. The molecule has 2 N–H and O–H groups in total. The molecular weight excluding hydrogens is 326 g/mol. The summed E-state index contributed by atoms with van der Waals surface area (Å²) in [6.45, 7) is 2.18. The molecule has 0 unspecified atom stereocenters. The zero-order valence-corrected chi connectivity index (χ0v) is 15.0. The number of hydrogen-bond acceptors (Lipinski definition) is 2. The highest BCUT2D eigenvalue weighted by atomic mass is 16.4. The van der Waals surface area contributed by atoms with Gasteiger partial charge in [0.05, 0.1) is 0 Å². The highest BCUT2D eigenvalue weighted by molar-refractivity contribution is 6.32. The quantitative estimate of drug-likeness (QED) is 0.779. The van der Waals surface area contributed by atoms with Gasteiger partial charge in [-0.15, -0.1) is 0 Å². The highest BCUT2D eigenvalue weighted by Gasteiger charge is 2.27. The van der Waals surface area contributed by atoms with Crippen LogP contribution in [-0.4, -0.2) is 17.0 Å². The van der Waals surface area contributed by atoms with Gasteiger partial charge in [-0.3, -0.25) is 9.59 Å². The van der Waals surface area contributed by atoms with E-state index in [0.29, 0.717) is 12.0 Å². The summed E-state index contributed by atoms with van der Waals surface area (Å²) < 4.78 is 0. The van der Waals surface area contributed by atoms with Gasteiger partial charge in [0, 0.05) is 23.2 Å². The van der Waals surface area contributed by atoms with E-state index in [4.69, 9.17) is 5.11 Å². The minimum atomic E-state index is -0.807. The molecule has 26 heavy (non-hydrogen) atoms. The lowest BCUT2D eigenvalue weighted by Crippen LogP contribution is -2.04. The van der Waals surface area contributed by atoms with Crippen LogP contribution in [0.4, 0.5) is 5.69 Å². The lowest BCUT2D eigenvalue weighted by atomic mass is 9.91. The van der Waals surface area contributed by atoms with Crippen LogP contribution in [-0.2, 0) is 16.0 Å².